The van der Waals surface area contributed by atoms with Crippen LogP contribution in [0.3, 0.4) is 0 Å². The van der Waals surface area contributed by atoms with Gasteiger partial charge in [0.05, 0.1) is 4.90 Å². The zero-order valence-corrected chi connectivity index (χ0v) is 9.13. The normalized spacial score (nSPS) is 16.3. The van der Waals surface area contributed by atoms with Crippen LogP contribution < -0.4 is 10.5 Å². The second-order valence-electron chi connectivity index (χ2n) is 3.90. The third kappa shape index (κ3) is 2.94. The van der Waals surface area contributed by atoms with Crippen LogP contribution in [0.1, 0.15) is 12.8 Å². The first kappa shape index (κ1) is 10.4. The van der Waals surface area contributed by atoms with Crippen LogP contribution in [-0.2, 0) is 10.0 Å². The number of rotatable bonds is 4. The summed E-state index contributed by atoms with van der Waals surface area (Å²) in [6.45, 7) is 0.911. The Morgan fingerprint density at radius 1 is 1.40 bits per heavy atom. The van der Waals surface area contributed by atoms with E-state index in [-0.39, 0.29) is 4.90 Å². The number of hydrogen-bond donors (Lipinski definition) is 2. The standard InChI is InChI=1S/C10H14N2O2S/c11-15(13,14)10-3-1-2-9(6-10)12-7-8-4-5-8/h1-3,6,8,12H,4-5,7H2,(H2,11,13,14). The molecule has 0 atom stereocenters. The van der Waals surface area contributed by atoms with Crippen molar-refractivity contribution in [1.29, 1.82) is 0 Å². The predicted molar refractivity (Wildman–Crippen MR) is 59.0 cm³/mol. The molecule has 15 heavy (non-hydrogen) atoms. The van der Waals surface area contributed by atoms with Gasteiger partial charge in [0.1, 0.15) is 0 Å². The fourth-order valence-corrected chi connectivity index (χ4v) is 1.93. The quantitative estimate of drug-likeness (QED) is 0.809. The fraction of sp³-hybridized carbons (Fsp3) is 0.400. The van der Waals surface area contributed by atoms with Crippen molar-refractivity contribution in [2.75, 3.05) is 11.9 Å². The average Bonchev–Trinajstić information content (AvgIpc) is 2.97. The van der Waals surface area contributed by atoms with Gasteiger partial charge in [-0.2, -0.15) is 0 Å². The molecule has 82 valence electrons. The highest BCUT2D eigenvalue weighted by molar-refractivity contribution is 7.89. The lowest BCUT2D eigenvalue weighted by Crippen LogP contribution is -2.12. The summed E-state index contributed by atoms with van der Waals surface area (Å²) in [5.74, 6) is 0.753. The SMILES string of the molecule is NS(=O)(=O)c1cccc(NCC2CC2)c1. The molecule has 1 saturated carbocycles. The second-order valence-corrected chi connectivity index (χ2v) is 5.46. The van der Waals surface area contributed by atoms with Crippen molar-refractivity contribution in [2.24, 2.45) is 11.1 Å². The molecule has 1 fully saturated rings. The fourth-order valence-electron chi connectivity index (χ4n) is 1.37. The van der Waals surface area contributed by atoms with E-state index in [0.717, 1.165) is 18.2 Å². The molecule has 2 rings (SSSR count). The Kier molecular flexibility index (Phi) is 2.67. The average molecular weight is 226 g/mol. The van der Waals surface area contributed by atoms with Gasteiger partial charge in [-0.3, -0.25) is 0 Å². The van der Waals surface area contributed by atoms with Crippen molar-refractivity contribution in [2.45, 2.75) is 17.7 Å². The van der Waals surface area contributed by atoms with Crippen LogP contribution in [0.15, 0.2) is 29.2 Å². The summed E-state index contributed by atoms with van der Waals surface area (Å²) >= 11 is 0. The minimum Gasteiger partial charge on any atom is -0.385 e. The molecule has 0 amide bonds. The first-order valence-electron chi connectivity index (χ1n) is 4.92. The Morgan fingerprint density at radius 3 is 2.73 bits per heavy atom. The van der Waals surface area contributed by atoms with Crippen LogP contribution in [0.25, 0.3) is 0 Å². The minimum atomic E-state index is -3.59. The highest BCUT2D eigenvalue weighted by Gasteiger charge is 2.20. The monoisotopic (exact) mass is 226 g/mol. The molecule has 0 saturated heterocycles. The van der Waals surface area contributed by atoms with Gasteiger partial charge in [0.25, 0.3) is 0 Å². The first-order chi connectivity index (χ1) is 7.05. The molecule has 0 radical (unpaired) electrons. The van der Waals surface area contributed by atoms with E-state index in [1.165, 1.54) is 18.9 Å². The Hall–Kier alpha value is -1.07. The minimum absolute atomic E-state index is 0.156. The van der Waals surface area contributed by atoms with Gasteiger partial charge in [-0.05, 0) is 37.0 Å². The lowest BCUT2D eigenvalue weighted by atomic mass is 10.3. The summed E-state index contributed by atoms with van der Waals surface area (Å²) in [4.78, 5) is 0.156. The van der Waals surface area contributed by atoms with E-state index >= 15 is 0 Å². The molecule has 1 aromatic carbocycles. The van der Waals surface area contributed by atoms with Crippen LogP contribution in [0.2, 0.25) is 0 Å². The number of sulfonamides is 1. The van der Waals surface area contributed by atoms with Crippen LogP contribution >= 0.6 is 0 Å². The molecule has 0 heterocycles. The molecule has 0 spiro atoms. The number of nitrogens with one attached hydrogen (secondary N) is 1. The number of anilines is 1. The van der Waals surface area contributed by atoms with Crippen LogP contribution in [0.5, 0.6) is 0 Å². The van der Waals surface area contributed by atoms with Crippen molar-refractivity contribution in [1.82, 2.24) is 0 Å². The lowest BCUT2D eigenvalue weighted by Gasteiger charge is -2.06. The molecule has 3 N–H and O–H groups in total. The Balaban J connectivity index is 2.11. The summed E-state index contributed by atoms with van der Waals surface area (Å²) in [7, 11) is -3.59. The molecular formula is C10H14N2O2S. The van der Waals surface area contributed by atoms with Gasteiger partial charge in [0.15, 0.2) is 0 Å². The summed E-state index contributed by atoms with van der Waals surface area (Å²) in [5, 5.41) is 8.24. The largest absolute Gasteiger partial charge is 0.385 e. The van der Waals surface area contributed by atoms with Gasteiger partial charge in [-0.25, -0.2) is 13.6 Å². The summed E-state index contributed by atoms with van der Waals surface area (Å²) in [6, 6.07) is 6.60. The predicted octanol–water partition coefficient (Wildman–Crippen LogP) is 1.16. The van der Waals surface area contributed by atoms with Crippen molar-refractivity contribution < 1.29 is 8.42 Å². The maximum Gasteiger partial charge on any atom is 0.238 e. The van der Waals surface area contributed by atoms with Crippen molar-refractivity contribution in [3.63, 3.8) is 0 Å². The molecule has 0 aromatic heterocycles. The molecule has 0 aliphatic heterocycles. The van der Waals surface area contributed by atoms with Crippen LogP contribution in [-0.4, -0.2) is 15.0 Å². The molecular weight excluding hydrogens is 212 g/mol. The van der Waals surface area contributed by atoms with Gasteiger partial charge >= 0.3 is 0 Å². The third-order valence-electron chi connectivity index (χ3n) is 2.45. The molecule has 5 heteroatoms. The van der Waals surface area contributed by atoms with Gasteiger partial charge in [0.2, 0.25) is 10.0 Å². The maximum absolute atomic E-state index is 11.1. The molecule has 0 unspecified atom stereocenters. The van der Waals surface area contributed by atoms with E-state index in [1.807, 2.05) is 6.07 Å². The van der Waals surface area contributed by atoms with Crippen molar-refractivity contribution in [3.8, 4) is 0 Å². The molecule has 1 aliphatic carbocycles. The van der Waals surface area contributed by atoms with Gasteiger partial charge in [-0.15, -0.1) is 0 Å². The van der Waals surface area contributed by atoms with E-state index in [2.05, 4.69) is 5.32 Å². The van der Waals surface area contributed by atoms with E-state index < -0.39 is 10.0 Å². The van der Waals surface area contributed by atoms with E-state index in [9.17, 15) is 8.42 Å². The Labute approximate surface area is 89.5 Å². The number of nitrogens with two attached hydrogens (primary N) is 1. The van der Waals surface area contributed by atoms with Crippen molar-refractivity contribution in [3.05, 3.63) is 24.3 Å². The molecule has 4 nitrogen and oxygen atoms in total. The van der Waals surface area contributed by atoms with E-state index in [1.54, 1.807) is 12.1 Å². The summed E-state index contributed by atoms with van der Waals surface area (Å²) in [6.07, 6.45) is 2.53. The zero-order chi connectivity index (χ0) is 10.9. The van der Waals surface area contributed by atoms with Crippen LogP contribution in [0, 0.1) is 5.92 Å². The zero-order valence-electron chi connectivity index (χ0n) is 8.31. The van der Waals surface area contributed by atoms with Gasteiger partial charge < -0.3 is 5.32 Å². The first-order valence-corrected chi connectivity index (χ1v) is 6.47. The topological polar surface area (TPSA) is 72.2 Å². The smallest absolute Gasteiger partial charge is 0.238 e. The highest BCUT2D eigenvalue weighted by atomic mass is 32.2. The summed E-state index contributed by atoms with van der Waals surface area (Å²) in [5.41, 5.74) is 0.813. The number of hydrogen-bond acceptors (Lipinski definition) is 3. The van der Waals surface area contributed by atoms with Gasteiger partial charge in [0, 0.05) is 12.2 Å². The Bertz CT molecular complexity index is 452. The van der Waals surface area contributed by atoms with Gasteiger partial charge in [-0.1, -0.05) is 6.07 Å². The molecule has 0 bridgehead atoms. The van der Waals surface area contributed by atoms with E-state index in [0.29, 0.717) is 0 Å². The van der Waals surface area contributed by atoms with E-state index in [4.69, 9.17) is 5.14 Å². The van der Waals surface area contributed by atoms with Crippen LogP contribution in [0.4, 0.5) is 5.69 Å². The number of benzene rings is 1. The highest BCUT2D eigenvalue weighted by Crippen LogP contribution is 2.29. The Morgan fingerprint density at radius 2 is 2.13 bits per heavy atom. The second kappa shape index (κ2) is 3.83. The molecule has 1 aliphatic rings. The molecule has 1 aromatic rings. The third-order valence-corrected chi connectivity index (χ3v) is 3.37. The maximum atomic E-state index is 11.1. The summed E-state index contributed by atoms with van der Waals surface area (Å²) < 4.78 is 22.2. The lowest BCUT2D eigenvalue weighted by molar-refractivity contribution is 0.598. The van der Waals surface area contributed by atoms with Crippen molar-refractivity contribution >= 4 is 15.7 Å². The number of primary sulfonamides is 1.